The number of aliphatic hydroxyl groups is 10. The number of rotatable bonds is 57. The first kappa shape index (κ1) is 86.9. The van der Waals surface area contributed by atoms with Crippen molar-refractivity contribution in [1.82, 2.24) is 0 Å². The predicted octanol–water partition coefficient (Wildman–Crippen LogP) is 9.57. The van der Waals surface area contributed by atoms with E-state index in [0.29, 0.717) is 19.3 Å². The van der Waals surface area contributed by atoms with E-state index in [4.69, 9.17) is 42.2 Å². The minimum atomic E-state index is -5.69. The molecule has 11 N–H and O–H groups in total. The van der Waals surface area contributed by atoms with Gasteiger partial charge in [-0.1, -0.05) is 232 Å². The Morgan fingerprint density at radius 1 is 0.400 bits per heavy atom. The van der Waals surface area contributed by atoms with Crippen molar-refractivity contribution in [3.8, 4) is 0 Å². The molecule has 1 aliphatic carbocycles. The molecule has 0 spiro atoms. The number of phosphoric acid groups is 1. The lowest BCUT2D eigenvalue weighted by Crippen LogP contribution is -2.69. The SMILES string of the molecule is CCCCCCCC/C=C\CCCCCC(=O)OCC(COP(=O)(O)OC1C(OC2OC(CO)C(O)C(O)C2O)C(O)C(O)C(O)C1OC1OC(COC(=O)CCCCCCCCCCCCC)C(O)C(O)C1O)OC(=O)CCCCCCCCCCCCCCCCCC. The number of hydrogen-bond donors (Lipinski definition) is 11. The van der Waals surface area contributed by atoms with Crippen molar-refractivity contribution in [2.45, 2.75) is 388 Å². The zero-order valence-electron chi connectivity index (χ0n) is 58.0. The minimum Gasteiger partial charge on any atom is -0.463 e. The summed E-state index contributed by atoms with van der Waals surface area (Å²) in [4.78, 5) is 50.9. The second-order valence-electron chi connectivity index (χ2n) is 26.7. The van der Waals surface area contributed by atoms with E-state index >= 15 is 0 Å². The third-order valence-electron chi connectivity index (χ3n) is 18.3. The first-order valence-electron chi connectivity index (χ1n) is 37.0. The number of allylic oxidation sites excluding steroid dienone is 2. The van der Waals surface area contributed by atoms with Crippen molar-refractivity contribution in [3.05, 3.63) is 12.2 Å². The second-order valence-corrected chi connectivity index (χ2v) is 28.1. The Morgan fingerprint density at radius 2 is 0.737 bits per heavy atom. The quantitative estimate of drug-likeness (QED) is 0.00887. The van der Waals surface area contributed by atoms with Crippen LogP contribution in [0.15, 0.2) is 12.2 Å². The van der Waals surface area contributed by atoms with Gasteiger partial charge in [-0.25, -0.2) is 4.57 Å². The van der Waals surface area contributed by atoms with Gasteiger partial charge in [-0.2, -0.15) is 0 Å². The third kappa shape index (κ3) is 36.2. The van der Waals surface area contributed by atoms with Crippen LogP contribution in [0.25, 0.3) is 0 Å². The number of phosphoric ester groups is 1. The van der Waals surface area contributed by atoms with Crippen molar-refractivity contribution in [3.63, 3.8) is 0 Å². The molecule has 95 heavy (non-hydrogen) atoms. The van der Waals surface area contributed by atoms with E-state index in [0.717, 1.165) is 96.3 Å². The molecule has 24 nitrogen and oxygen atoms in total. The zero-order valence-corrected chi connectivity index (χ0v) is 58.9. The van der Waals surface area contributed by atoms with Crippen LogP contribution < -0.4 is 0 Å². The first-order valence-corrected chi connectivity index (χ1v) is 38.5. The Morgan fingerprint density at radius 3 is 1.15 bits per heavy atom. The highest BCUT2D eigenvalue weighted by molar-refractivity contribution is 7.47. The summed E-state index contributed by atoms with van der Waals surface area (Å²) in [6, 6.07) is 0. The summed E-state index contributed by atoms with van der Waals surface area (Å²) in [5.74, 6) is -2.00. The first-order chi connectivity index (χ1) is 45.8. The molecule has 0 radical (unpaired) electrons. The minimum absolute atomic E-state index is 0.0277. The van der Waals surface area contributed by atoms with E-state index in [1.807, 2.05) is 0 Å². The predicted molar refractivity (Wildman–Crippen MR) is 356 cm³/mol. The van der Waals surface area contributed by atoms with Gasteiger partial charge >= 0.3 is 25.7 Å². The molecule has 0 aromatic rings. The number of unbranched alkanes of at least 4 members (excludes halogenated alkanes) is 34. The highest BCUT2D eigenvalue weighted by atomic mass is 31.2. The molecule has 25 heteroatoms. The van der Waals surface area contributed by atoms with Gasteiger partial charge in [-0.15, -0.1) is 0 Å². The fraction of sp³-hybridized carbons (Fsp3) is 0.929. The molecular weight excluding hydrogens is 1260 g/mol. The van der Waals surface area contributed by atoms with Gasteiger partial charge in [0.15, 0.2) is 18.7 Å². The molecule has 0 aromatic heterocycles. The molecule has 2 heterocycles. The van der Waals surface area contributed by atoms with Crippen LogP contribution in [-0.2, 0) is 61.2 Å². The largest absolute Gasteiger partial charge is 0.472 e. The van der Waals surface area contributed by atoms with E-state index in [1.165, 1.54) is 128 Å². The van der Waals surface area contributed by atoms with Gasteiger partial charge < -0.3 is 89.1 Å². The molecule has 558 valence electrons. The average Bonchev–Trinajstić information content (AvgIpc) is 0.764. The summed E-state index contributed by atoms with van der Waals surface area (Å²) >= 11 is 0. The maximum absolute atomic E-state index is 14.3. The molecule has 18 unspecified atom stereocenters. The lowest BCUT2D eigenvalue weighted by molar-refractivity contribution is -0.360. The van der Waals surface area contributed by atoms with Crippen molar-refractivity contribution in [2.75, 3.05) is 26.4 Å². The summed E-state index contributed by atoms with van der Waals surface area (Å²) < 4.78 is 64.9. The maximum atomic E-state index is 14.3. The Labute approximate surface area is 567 Å². The number of carbonyl (C=O) groups is 3. The fourth-order valence-electron chi connectivity index (χ4n) is 12.2. The molecule has 1 saturated carbocycles. The number of hydrogen-bond acceptors (Lipinski definition) is 23. The number of esters is 3. The Balaban J connectivity index is 1.75. The number of aliphatic hydroxyl groups excluding tert-OH is 10. The lowest BCUT2D eigenvalue weighted by Gasteiger charge is -2.49. The molecule has 3 fully saturated rings. The Kier molecular flexibility index (Phi) is 48.2. The molecule has 2 saturated heterocycles. The van der Waals surface area contributed by atoms with E-state index in [1.54, 1.807) is 0 Å². The molecule has 0 bridgehead atoms. The second kappa shape index (κ2) is 52.6. The smallest absolute Gasteiger partial charge is 0.463 e. The van der Waals surface area contributed by atoms with Crippen LogP contribution in [0.3, 0.4) is 0 Å². The Hall–Kier alpha value is -2.30. The Bertz CT molecular complexity index is 2020. The van der Waals surface area contributed by atoms with Crippen LogP contribution in [0.4, 0.5) is 0 Å². The molecule has 0 amide bonds. The van der Waals surface area contributed by atoms with Gasteiger partial charge in [0.25, 0.3) is 0 Å². The van der Waals surface area contributed by atoms with E-state index < -0.39 is 156 Å². The monoisotopic (exact) mass is 1380 g/mol. The highest BCUT2D eigenvalue weighted by Gasteiger charge is 2.58. The van der Waals surface area contributed by atoms with Crippen molar-refractivity contribution < 1.29 is 117 Å². The van der Waals surface area contributed by atoms with Crippen LogP contribution >= 0.6 is 7.82 Å². The maximum Gasteiger partial charge on any atom is 0.472 e. The average molecular weight is 1390 g/mol. The molecule has 18 atom stereocenters. The van der Waals surface area contributed by atoms with Crippen LogP contribution in [0, 0.1) is 0 Å². The zero-order chi connectivity index (χ0) is 69.6. The molecule has 3 rings (SSSR count). The van der Waals surface area contributed by atoms with Gasteiger partial charge in [0.2, 0.25) is 0 Å². The summed E-state index contributed by atoms with van der Waals surface area (Å²) in [7, 11) is -5.69. The highest BCUT2D eigenvalue weighted by Crippen LogP contribution is 2.49. The molecule has 2 aliphatic heterocycles. The van der Waals surface area contributed by atoms with Crippen LogP contribution in [0.2, 0.25) is 0 Å². The summed E-state index contributed by atoms with van der Waals surface area (Å²) in [5, 5.41) is 110. The van der Waals surface area contributed by atoms with Gasteiger partial charge in [-0.05, 0) is 44.9 Å². The fourth-order valence-corrected chi connectivity index (χ4v) is 13.2. The molecule has 0 aromatic carbocycles. The van der Waals surface area contributed by atoms with E-state index in [9.17, 15) is 74.9 Å². The van der Waals surface area contributed by atoms with Gasteiger partial charge in [-0.3, -0.25) is 23.4 Å². The molecular formula is C70H129O24P. The topological polar surface area (TPSA) is 374 Å². The van der Waals surface area contributed by atoms with Crippen LogP contribution in [-0.4, -0.2) is 204 Å². The van der Waals surface area contributed by atoms with Crippen LogP contribution in [0.5, 0.6) is 0 Å². The standard InChI is InChI=1S/C70H129O24P/c1-4-7-10-13-16-19-22-24-25-26-28-31-34-37-40-43-46-56(74)89-51(48-86-54(72)44-41-38-35-33-30-27-23-20-17-14-11-8-5-2)49-88-95(84,85)94-68-66(92-69-64(82)59(77)57(75)52(47-71)90-69)62(80)61(79)63(81)67(68)93-70-65(83)60(78)58(76)53(91-70)50-87-55(73)45-42-39-36-32-29-21-18-15-12-9-6-3/h27,30,51-53,57-71,75-83H,4-26,28-29,31-50H2,1-3H3,(H,84,85)/b30-27-. The van der Waals surface area contributed by atoms with E-state index in [2.05, 4.69) is 32.9 Å². The van der Waals surface area contributed by atoms with Gasteiger partial charge in [0.1, 0.15) is 98.7 Å². The summed E-state index contributed by atoms with van der Waals surface area (Å²) in [5.41, 5.74) is 0. The number of ether oxygens (including phenoxy) is 7. The molecule has 3 aliphatic rings. The van der Waals surface area contributed by atoms with Crippen molar-refractivity contribution >= 4 is 25.7 Å². The third-order valence-corrected chi connectivity index (χ3v) is 19.3. The van der Waals surface area contributed by atoms with Gasteiger partial charge in [0.05, 0.1) is 13.2 Å². The van der Waals surface area contributed by atoms with Crippen LogP contribution in [0.1, 0.15) is 284 Å². The summed E-state index contributed by atoms with van der Waals surface area (Å²) in [6.07, 6.45) is 10.1. The van der Waals surface area contributed by atoms with Crippen molar-refractivity contribution in [1.29, 1.82) is 0 Å². The van der Waals surface area contributed by atoms with Crippen molar-refractivity contribution in [2.24, 2.45) is 0 Å². The number of carbonyl (C=O) groups excluding carboxylic acids is 3. The summed E-state index contributed by atoms with van der Waals surface area (Å²) in [6.45, 7) is 3.41. The normalized spacial score (nSPS) is 28.1. The lowest BCUT2D eigenvalue weighted by atomic mass is 9.84. The van der Waals surface area contributed by atoms with E-state index in [-0.39, 0.29) is 19.3 Å². The van der Waals surface area contributed by atoms with Gasteiger partial charge in [0, 0.05) is 19.3 Å².